The molecule has 1 fully saturated rings. The average Bonchev–Trinajstić information content (AvgIpc) is 2.59. The Kier molecular flexibility index (Phi) is 4.24. The first kappa shape index (κ1) is 16.0. The van der Waals surface area contributed by atoms with Crippen LogP contribution in [0.1, 0.15) is 17.3 Å². The van der Waals surface area contributed by atoms with Gasteiger partial charge in [-0.05, 0) is 12.1 Å². The van der Waals surface area contributed by atoms with E-state index in [1.807, 2.05) is 0 Å². The van der Waals surface area contributed by atoms with Gasteiger partial charge in [-0.3, -0.25) is 9.59 Å². The summed E-state index contributed by atoms with van der Waals surface area (Å²) < 4.78 is 10.3. The van der Waals surface area contributed by atoms with Crippen molar-refractivity contribution in [2.24, 2.45) is 0 Å². The normalized spacial score (nSPS) is 14.8. The van der Waals surface area contributed by atoms with Crippen molar-refractivity contribution >= 4 is 22.8 Å². The van der Waals surface area contributed by atoms with Crippen LogP contribution in [0, 0.1) is 0 Å². The molecule has 1 aromatic carbocycles. The van der Waals surface area contributed by atoms with Gasteiger partial charge >= 0.3 is 5.63 Å². The standard InChI is InChI=1S/C17H18N2O5/c1-11(20)18-5-7-19(8-6-18)17(22)14-10-16(21)24-15-9-12(23-2)3-4-13(14)15/h3-4,9-10H,5-8H2,1-2H3. The molecule has 0 N–H and O–H groups in total. The third-order valence-electron chi connectivity index (χ3n) is 4.19. The molecule has 0 atom stereocenters. The topological polar surface area (TPSA) is 80.1 Å². The summed E-state index contributed by atoms with van der Waals surface area (Å²) in [5.41, 5.74) is 0.0363. The van der Waals surface area contributed by atoms with Gasteiger partial charge in [-0.1, -0.05) is 0 Å². The van der Waals surface area contributed by atoms with Crippen molar-refractivity contribution in [1.82, 2.24) is 9.80 Å². The van der Waals surface area contributed by atoms with Gasteiger partial charge in [0.15, 0.2) is 0 Å². The summed E-state index contributed by atoms with van der Waals surface area (Å²) in [7, 11) is 1.52. The molecule has 1 saturated heterocycles. The van der Waals surface area contributed by atoms with E-state index in [4.69, 9.17) is 9.15 Å². The minimum Gasteiger partial charge on any atom is -0.497 e. The van der Waals surface area contributed by atoms with Gasteiger partial charge in [-0.15, -0.1) is 0 Å². The maximum atomic E-state index is 12.8. The van der Waals surface area contributed by atoms with E-state index in [-0.39, 0.29) is 11.8 Å². The molecule has 126 valence electrons. The fraction of sp³-hybridized carbons (Fsp3) is 0.353. The minimum absolute atomic E-state index is 0.000000595. The second kappa shape index (κ2) is 6.35. The Morgan fingerprint density at radius 2 is 1.75 bits per heavy atom. The van der Waals surface area contributed by atoms with Crippen LogP contribution in [-0.2, 0) is 4.79 Å². The Balaban J connectivity index is 1.93. The monoisotopic (exact) mass is 330 g/mol. The molecule has 1 aliphatic rings. The molecule has 0 bridgehead atoms. The fourth-order valence-corrected chi connectivity index (χ4v) is 2.84. The first-order valence-corrected chi connectivity index (χ1v) is 7.66. The minimum atomic E-state index is -0.582. The first-order valence-electron chi connectivity index (χ1n) is 7.66. The first-order chi connectivity index (χ1) is 11.5. The summed E-state index contributed by atoms with van der Waals surface area (Å²) in [6, 6.07) is 6.22. The van der Waals surface area contributed by atoms with Gasteiger partial charge in [-0.25, -0.2) is 4.79 Å². The van der Waals surface area contributed by atoms with E-state index in [2.05, 4.69) is 0 Å². The summed E-state index contributed by atoms with van der Waals surface area (Å²) in [5, 5.41) is 0.564. The number of amides is 2. The van der Waals surface area contributed by atoms with Crippen molar-refractivity contribution in [2.75, 3.05) is 33.3 Å². The van der Waals surface area contributed by atoms with Crippen LogP contribution in [0.4, 0.5) is 0 Å². The predicted octanol–water partition coefficient (Wildman–Crippen LogP) is 1.11. The maximum Gasteiger partial charge on any atom is 0.337 e. The van der Waals surface area contributed by atoms with E-state index < -0.39 is 5.63 Å². The van der Waals surface area contributed by atoms with Crippen molar-refractivity contribution in [3.05, 3.63) is 40.2 Å². The van der Waals surface area contributed by atoms with Crippen LogP contribution in [0.15, 0.2) is 33.5 Å². The average molecular weight is 330 g/mol. The predicted molar refractivity (Wildman–Crippen MR) is 87.2 cm³/mol. The lowest BCUT2D eigenvalue weighted by Gasteiger charge is -2.34. The molecule has 3 rings (SSSR count). The Morgan fingerprint density at radius 1 is 1.08 bits per heavy atom. The molecule has 2 aromatic rings. The zero-order valence-corrected chi connectivity index (χ0v) is 13.6. The van der Waals surface area contributed by atoms with Gasteiger partial charge in [0.25, 0.3) is 5.91 Å². The SMILES string of the molecule is COc1ccc2c(C(=O)N3CCN(C(C)=O)CC3)cc(=O)oc2c1. The maximum absolute atomic E-state index is 12.8. The van der Waals surface area contributed by atoms with Crippen molar-refractivity contribution in [1.29, 1.82) is 0 Å². The number of ether oxygens (including phenoxy) is 1. The molecule has 7 nitrogen and oxygen atoms in total. The zero-order valence-electron chi connectivity index (χ0n) is 13.6. The summed E-state index contributed by atoms with van der Waals surface area (Å²) in [5.74, 6) is 0.312. The second-order valence-electron chi connectivity index (χ2n) is 5.64. The number of carbonyl (C=O) groups is 2. The smallest absolute Gasteiger partial charge is 0.337 e. The van der Waals surface area contributed by atoms with Gasteiger partial charge in [-0.2, -0.15) is 0 Å². The Morgan fingerprint density at radius 3 is 2.38 bits per heavy atom. The third-order valence-corrected chi connectivity index (χ3v) is 4.19. The molecule has 1 aromatic heterocycles. The number of benzene rings is 1. The van der Waals surface area contributed by atoms with Crippen LogP contribution >= 0.6 is 0 Å². The second-order valence-corrected chi connectivity index (χ2v) is 5.64. The Hall–Kier alpha value is -2.83. The fourth-order valence-electron chi connectivity index (χ4n) is 2.84. The number of hydrogen-bond acceptors (Lipinski definition) is 5. The third kappa shape index (κ3) is 2.97. The van der Waals surface area contributed by atoms with Gasteiger partial charge in [0.2, 0.25) is 5.91 Å². The van der Waals surface area contributed by atoms with Gasteiger partial charge in [0.05, 0.1) is 12.7 Å². The molecule has 7 heteroatoms. The zero-order chi connectivity index (χ0) is 17.3. The highest BCUT2D eigenvalue weighted by Gasteiger charge is 2.25. The highest BCUT2D eigenvalue weighted by Crippen LogP contribution is 2.23. The molecule has 1 aliphatic heterocycles. The molecule has 0 saturated carbocycles. The molecule has 0 aliphatic carbocycles. The molecule has 24 heavy (non-hydrogen) atoms. The lowest BCUT2D eigenvalue weighted by molar-refractivity contribution is -0.130. The quantitative estimate of drug-likeness (QED) is 0.771. The number of carbonyl (C=O) groups excluding carboxylic acids is 2. The number of hydrogen-bond donors (Lipinski definition) is 0. The van der Waals surface area contributed by atoms with Crippen molar-refractivity contribution in [3.63, 3.8) is 0 Å². The van der Waals surface area contributed by atoms with E-state index in [1.165, 1.54) is 20.1 Å². The van der Waals surface area contributed by atoms with E-state index in [9.17, 15) is 14.4 Å². The van der Waals surface area contributed by atoms with Gasteiger partial charge in [0.1, 0.15) is 11.3 Å². The number of nitrogens with zero attached hydrogens (tertiary/aromatic N) is 2. The number of fused-ring (bicyclic) bond motifs is 1. The Bertz CT molecular complexity index is 850. The Labute approximate surface area is 138 Å². The van der Waals surface area contributed by atoms with Crippen LogP contribution in [0.3, 0.4) is 0 Å². The van der Waals surface area contributed by atoms with Gasteiger partial charge in [0, 0.05) is 50.6 Å². The molecule has 0 radical (unpaired) electrons. The molecule has 2 heterocycles. The van der Waals surface area contributed by atoms with Gasteiger partial charge < -0.3 is 19.0 Å². The molecule has 2 amide bonds. The summed E-state index contributed by atoms with van der Waals surface area (Å²) in [6.45, 7) is 3.38. The van der Waals surface area contributed by atoms with Crippen molar-refractivity contribution in [2.45, 2.75) is 6.92 Å². The largest absolute Gasteiger partial charge is 0.497 e. The van der Waals surface area contributed by atoms with E-state index in [0.717, 1.165) is 0 Å². The van der Waals surface area contributed by atoms with E-state index in [1.54, 1.807) is 28.0 Å². The summed E-state index contributed by atoms with van der Waals surface area (Å²) >= 11 is 0. The summed E-state index contributed by atoms with van der Waals surface area (Å²) in [6.07, 6.45) is 0. The highest BCUT2D eigenvalue weighted by molar-refractivity contribution is 6.05. The highest BCUT2D eigenvalue weighted by atomic mass is 16.5. The lowest BCUT2D eigenvalue weighted by atomic mass is 10.1. The lowest BCUT2D eigenvalue weighted by Crippen LogP contribution is -2.50. The van der Waals surface area contributed by atoms with Crippen LogP contribution in [0.2, 0.25) is 0 Å². The van der Waals surface area contributed by atoms with Crippen LogP contribution in [0.25, 0.3) is 11.0 Å². The molecular weight excluding hydrogens is 312 g/mol. The van der Waals surface area contributed by atoms with Crippen LogP contribution in [0.5, 0.6) is 5.75 Å². The molecule has 0 spiro atoms. The number of piperazine rings is 1. The van der Waals surface area contributed by atoms with Crippen LogP contribution in [-0.4, -0.2) is 54.9 Å². The van der Waals surface area contributed by atoms with E-state index in [0.29, 0.717) is 48.5 Å². The van der Waals surface area contributed by atoms with Crippen molar-refractivity contribution < 1.29 is 18.7 Å². The van der Waals surface area contributed by atoms with Crippen LogP contribution < -0.4 is 10.4 Å². The number of rotatable bonds is 2. The van der Waals surface area contributed by atoms with Crippen molar-refractivity contribution in [3.8, 4) is 5.75 Å². The summed E-state index contributed by atoms with van der Waals surface area (Å²) in [4.78, 5) is 39.3. The molecular formula is C17H18N2O5. The van der Waals surface area contributed by atoms with E-state index >= 15 is 0 Å². The number of methoxy groups -OCH3 is 1. The molecule has 0 unspecified atom stereocenters.